The molecule has 2 saturated heterocycles. The van der Waals surface area contributed by atoms with Gasteiger partial charge in [-0.25, -0.2) is 4.98 Å². The smallest absolute Gasteiger partial charge is 0.229 e. The summed E-state index contributed by atoms with van der Waals surface area (Å²) in [5, 5.41) is 16.2. The van der Waals surface area contributed by atoms with Gasteiger partial charge < -0.3 is 15.2 Å². The van der Waals surface area contributed by atoms with Crippen LogP contribution in [0.5, 0.6) is 0 Å². The van der Waals surface area contributed by atoms with Crippen molar-refractivity contribution in [3.63, 3.8) is 0 Å². The van der Waals surface area contributed by atoms with Crippen molar-refractivity contribution in [1.82, 2.24) is 14.9 Å². The van der Waals surface area contributed by atoms with E-state index in [0.29, 0.717) is 24.9 Å². The molecule has 2 aromatic heterocycles. The van der Waals surface area contributed by atoms with Gasteiger partial charge in [-0.15, -0.1) is 0 Å². The van der Waals surface area contributed by atoms with Crippen molar-refractivity contribution in [2.75, 3.05) is 31.6 Å². The van der Waals surface area contributed by atoms with E-state index in [1.54, 1.807) is 12.4 Å². The largest absolute Gasteiger partial charge is 0.389 e. The summed E-state index contributed by atoms with van der Waals surface area (Å²) in [6.45, 7) is 6.95. The molecule has 4 heterocycles. The summed E-state index contributed by atoms with van der Waals surface area (Å²) in [5.74, 6) is 0.761. The lowest BCUT2D eigenvalue weighted by molar-refractivity contribution is -0.117. The second-order valence-electron chi connectivity index (χ2n) is 11.3. The second kappa shape index (κ2) is 9.31. The third-order valence-corrected chi connectivity index (χ3v) is 9.26. The minimum atomic E-state index is -0.452. The number of fused-ring (bicyclic) bond motifs is 1. The molecule has 0 unspecified atom stereocenters. The monoisotopic (exact) mass is 520 g/mol. The van der Waals surface area contributed by atoms with Gasteiger partial charge in [0, 0.05) is 33.9 Å². The summed E-state index contributed by atoms with van der Waals surface area (Å²) in [4.78, 5) is 24.3. The zero-order valence-electron chi connectivity index (χ0n) is 21.3. The molecule has 1 saturated carbocycles. The molecule has 6 rings (SSSR count). The van der Waals surface area contributed by atoms with E-state index in [0.717, 1.165) is 59.4 Å². The minimum Gasteiger partial charge on any atom is -0.389 e. The Balaban J connectivity index is 1.16. The number of rotatable bonds is 5. The fourth-order valence-corrected chi connectivity index (χ4v) is 6.49. The van der Waals surface area contributed by atoms with E-state index in [1.165, 1.54) is 0 Å². The summed E-state index contributed by atoms with van der Waals surface area (Å²) in [6, 6.07) is 11.9. The first-order valence-electron chi connectivity index (χ1n) is 13.1. The Morgan fingerprint density at radius 2 is 1.97 bits per heavy atom. The summed E-state index contributed by atoms with van der Waals surface area (Å²) in [6.07, 6.45) is 5.82. The molecule has 1 aromatic carbocycles. The Bertz CT molecular complexity index is 1330. The number of aliphatic hydroxyl groups is 1. The predicted molar refractivity (Wildman–Crippen MR) is 144 cm³/mol. The topological polar surface area (TPSA) is 87.6 Å². The van der Waals surface area contributed by atoms with Crippen LogP contribution in [0.1, 0.15) is 50.3 Å². The fourth-order valence-electron chi connectivity index (χ4n) is 6.17. The standard InChI is InChI=1S/C29H33ClN4O3/c1-28(24-5-3-4-8-31-24)14-22(28)27(36)33-26-13-19-11-21(23(30)12-20(19)15-32-26)18-6-9-34(10-7-18)29(2)17-37-16-25(29)35/h3-5,8,11-13,15,18,22,25,35H,6-7,9-10,14,16-17H2,1-2H3,(H,32,33,36)/t22-,25+,28+,29-/m0/s1. The normalized spacial score (nSPS) is 30.5. The predicted octanol–water partition coefficient (Wildman–Crippen LogP) is 4.53. The van der Waals surface area contributed by atoms with Crippen LogP contribution in [-0.2, 0) is 14.9 Å². The van der Waals surface area contributed by atoms with Crippen LogP contribution in [0, 0.1) is 5.92 Å². The van der Waals surface area contributed by atoms with Gasteiger partial charge in [-0.1, -0.05) is 24.6 Å². The molecule has 2 N–H and O–H groups in total. The first kappa shape index (κ1) is 24.7. The maximum atomic E-state index is 13.0. The molecule has 0 bridgehead atoms. The van der Waals surface area contributed by atoms with Crippen LogP contribution in [0.2, 0.25) is 5.02 Å². The SMILES string of the molecule is C[C@@]1(c2ccccn2)C[C@H]1C(=O)Nc1cc2cc(C3CCN([C@@]4(C)COC[C@H]4O)CC3)c(Cl)cc2cn1. The van der Waals surface area contributed by atoms with Crippen molar-refractivity contribution < 1.29 is 14.6 Å². The van der Waals surface area contributed by atoms with E-state index in [4.69, 9.17) is 16.3 Å². The molecule has 4 atom stereocenters. The number of benzene rings is 1. The highest BCUT2D eigenvalue weighted by Gasteiger charge is 2.56. The molecule has 0 radical (unpaired) electrons. The van der Waals surface area contributed by atoms with Gasteiger partial charge in [0.15, 0.2) is 0 Å². The molecule has 3 aliphatic rings. The van der Waals surface area contributed by atoms with Crippen molar-refractivity contribution in [3.05, 3.63) is 65.1 Å². The Hall–Kier alpha value is -2.58. The van der Waals surface area contributed by atoms with Gasteiger partial charge >= 0.3 is 0 Å². The average molecular weight is 521 g/mol. The zero-order valence-corrected chi connectivity index (χ0v) is 22.0. The number of carbonyl (C=O) groups is 1. The molecule has 2 aliphatic heterocycles. The van der Waals surface area contributed by atoms with Crippen molar-refractivity contribution >= 4 is 34.1 Å². The second-order valence-corrected chi connectivity index (χ2v) is 11.7. The lowest BCUT2D eigenvalue weighted by atomic mass is 9.85. The number of aliphatic hydroxyl groups excluding tert-OH is 1. The first-order chi connectivity index (χ1) is 17.8. The molecule has 1 amide bonds. The summed E-state index contributed by atoms with van der Waals surface area (Å²) >= 11 is 6.74. The number of halogens is 1. The highest BCUT2D eigenvalue weighted by Crippen LogP contribution is 2.53. The lowest BCUT2D eigenvalue weighted by Crippen LogP contribution is -2.56. The minimum absolute atomic E-state index is 0.0202. The molecular weight excluding hydrogens is 488 g/mol. The number of anilines is 1. The number of piperidine rings is 1. The molecule has 3 aromatic rings. The molecular formula is C29H33ClN4O3. The number of carbonyl (C=O) groups excluding carboxylic acids is 1. The van der Waals surface area contributed by atoms with E-state index < -0.39 is 6.10 Å². The van der Waals surface area contributed by atoms with Crippen LogP contribution in [0.3, 0.4) is 0 Å². The number of nitrogens with one attached hydrogen (secondary N) is 1. The quantitative estimate of drug-likeness (QED) is 0.514. The van der Waals surface area contributed by atoms with Gasteiger partial charge in [0.05, 0.1) is 30.8 Å². The number of aromatic nitrogens is 2. The summed E-state index contributed by atoms with van der Waals surface area (Å²) in [5.41, 5.74) is 1.55. The first-order valence-corrected chi connectivity index (χ1v) is 13.5. The zero-order chi connectivity index (χ0) is 25.8. The fraction of sp³-hybridized carbons (Fsp3) is 0.483. The molecule has 8 heteroatoms. The van der Waals surface area contributed by atoms with Crippen molar-refractivity contribution in [2.45, 2.75) is 56.1 Å². The van der Waals surface area contributed by atoms with Gasteiger partial charge in [0.2, 0.25) is 5.91 Å². The third kappa shape index (κ3) is 4.42. The number of hydrogen-bond acceptors (Lipinski definition) is 6. The number of hydrogen-bond donors (Lipinski definition) is 2. The Kier molecular flexibility index (Phi) is 6.23. The van der Waals surface area contributed by atoms with Crippen LogP contribution in [-0.4, -0.2) is 63.8 Å². The van der Waals surface area contributed by atoms with Crippen molar-refractivity contribution in [3.8, 4) is 0 Å². The van der Waals surface area contributed by atoms with E-state index in [9.17, 15) is 9.90 Å². The Morgan fingerprint density at radius 3 is 2.68 bits per heavy atom. The van der Waals surface area contributed by atoms with Gasteiger partial charge in [0.1, 0.15) is 5.82 Å². The molecule has 194 valence electrons. The van der Waals surface area contributed by atoms with Crippen LogP contribution >= 0.6 is 11.6 Å². The molecule has 7 nitrogen and oxygen atoms in total. The Labute approximate surface area is 222 Å². The number of nitrogens with zero attached hydrogens (tertiary/aromatic N) is 3. The van der Waals surface area contributed by atoms with Crippen LogP contribution in [0.4, 0.5) is 5.82 Å². The summed E-state index contributed by atoms with van der Waals surface area (Å²) in [7, 11) is 0. The third-order valence-electron chi connectivity index (χ3n) is 8.94. The van der Waals surface area contributed by atoms with Crippen molar-refractivity contribution in [2.24, 2.45) is 5.92 Å². The highest BCUT2D eigenvalue weighted by molar-refractivity contribution is 6.32. The molecule has 1 aliphatic carbocycles. The lowest BCUT2D eigenvalue weighted by Gasteiger charge is -2.43. The van der Waals surface area contributed by atoms with Crippen molar-refractivity contribution in [1.29, 1.82) is 0 Å². The maximum absolute atomic E-state index is 13.0. The summed E-state index contributed by atoms with van der Waals surface area (Å²) < 4.78 is 5.54. The molecule has 3 fully saturated rings. The maximum Gasteiger partial charge on any atom is 0.229 e. The highest BCUT2D eigenvalue weighted by atomic mass is 35.5. The van der Waals surface area contributed by atoms with Crippen LogP contribution in [0.25, 0.3) is 10.8 Å². The molecule has 0 spiro atoms. The molecule has 37 heavy (non-hydrogen) atoms. The number of amides is 1. The van der Waals surface area contributed by atoms with Gasteiger partial charge in [0.25, 0.3) is 0 Å². The van der Waals surface area contributed by atoms with Crippen LogP contribution in [0.15, 0.2) is 48.8 Å². The van der Waals surface area contributed by atoms with E-state index >= 15 is 0 Å². The van der Waals surface area contributed by atoms with Gasteiger partial charge in [-0.05, 0) is 86.5 Å². The van der Waals surface area contributed by atoms with Crippen LogP contribution < -0.4 is 5.32 Å². The van der Waals surface area contributed by atoms with Gasteiger partial charge in [-0.3, -0.25) is 14.7 Å². The van der Waals surface area contributed by atoms with E-state index in [2.05, 4.69) is 40.1 Å². The Morgan fingerprint density at radius 1 is 1.16 bits per heavy atom. The number of pyridine rings is 2. The van der Waals surface area contributed by atoms with Gasteiger partial charge in [-0.2, -0.15) is 0 Å². The average Bonchev–Trinajstić information content (AvgIpc) is 3.50. The van der Waals surface area contributed by atoms with E-state index in [1.807, 2.05) is 30.3 Å². The van der Waals surface area contributed by atoms with E-state index in [-0.39, 0.29) is 22.8 Å². The number of likely N-dealkylation sites (tertiary alicyclic amines) is 1. The number of ether oxygens (including phenoxy) is 1.